The maximum atomic E-state index is 11.5. The van der Waals surface area contributed by atoms with Crippen LogP contribution in [0, 0.1) is 0 Å². The van der Waals surface area contributed by atoms with Crippen molar-refractivity contribution in [3.8, 4) is 0 Å². The van der Waals surface area contributed by atoms with E-state index >= 15 is 0 Å². The topological polar surface area (TPSA) is 107 Å². The Bertz CT molecular complexity index is 1540. The zero-order valence-corrected chi connectivity index (χ0v) is 18.0. The molecule has 0 saturated carbocycles. The molecule has 2 aliphatic carbocycles. The molecule has 0 fully saturated rings. The minimum absolute atomic E-state index is 0.109. The molecule has 0 radical (unpaired) electrons. The summed E-state index contributed by atoms with van der Waals surface area (Å²) in [7, 11) is 0. The van der Waals surface area contributed by atoms with E-state index < -0.39 is 5.97 Å². The molecule has 2 aromatic rings. The zero-order chi connectivity index (χ0) is 23.3. The van der Waals surface area contributed by atoms with Crippen LogP contribution in [0.5, 0.6) is 0 Å². The van der Waals surface area contributed by atoms with Crippen molar-refractivity contribution in [2.75, 3.05) is 0 Å². The summed E-state index contributed by atoms with van der Waals surface area (Å²) in [5.74, 6) is -1.20. The second-order valence-corrected chi connectivity index (χ2v) is 7.52. The van der Waals surface area contributed by atoms with Crippen molar-refractivity contribution >= 4 is 23.8 Å². The highest BCUT2D eigenvalue weighted by molar-refractivity contribution is 5.84. The number of hydrogen-bond donors (Lipinski definition) is 1. The van der Waals surface area contributed by atoms with Gasteiger partial charge < -0.3 is 13.9 Å². The van der Waals surface area contributed by atoms with Crippen molar-refractivity contribution in [2.45, 2.75) is 12.5 Å². The van der Waals surface area contributed by atoms with Gasteiger partial charge >= 0.3 is 11.7 Å². The number of fused-ring (bicyclic) bond motifs is 3. The van der Waals surface area contributed by atoms with Crippen LogP contribution in [0.1, 0.15) is 33.2 Å². The van der Waals surface area contributed by atoms with Gasteiger partial charge in [-0.2, -0.15) is 4.99 Å². The van der Waals surface area contributed by atoms with Gasteiger partial charge in [-0.25, -0.2) is 14.8 Å². The predicted octanol–water partition coefficient (Wildman–Crippen LogP) is 3.88. The number of nitrogens with zero attached hydrogens (tertiary/aromatic N) is 4. The highest BCUT2D eigenvalue weighted by atomic mass is 16.4. The minimum Gasteiger partial charge on any atom is -0.477 e. The maximum Gasteiger partial charge on any atom is 0.354 e. The summed E-state index contributed by atoms with van der Waals surface area (Å²) < 4.78 is 13.3. The van der Waals surface area contributed by atoms with E-state index in [0.717, 1.165) is 17.7 Å². The molecule has 0 saturated heterocycles. The number of carboxylic acid groups (broad SMARTS) is 1. The van der Waals surface area contributed by atoms with Crippen LogP contribution in [-0.2, 0) is 6.42 Å². The molecule has 0 amide bonds. The number of benzene rings is 1. The van der Waals surface area contributed by atoms with Crippen LogP contribution in [0.15, 0.2) is 99.7 Å². The van der Waals surface area contributed by atoms with E-state index in [4.69, 9.17) is 8.83 Å². The summed E-state index contributed by atoms with van der Waals surface area (Å²) in [6.45, 7) is 0. The third kappa shape index (κ3) is 4.29. The fraction of sp³-hybridized carbons (Fsp3) is 0.0769. The van der Waals surface area contributed by atoms with Crippen LogP contribution in [-0.4, -0.2) is 25.6 Å². The summed E-state index contributed by atoms with van der Waals surface area (Å²) in [4.78, 5) is 24.1. The Kier molecular flexibility index (Phi) is 5.85. The van der Waals surface area contributed by atoms with Crippen LogP contribution >= 0.6 is 0 Å². The molecule has 2 heterocycles. The number of carbonyl (C=O) groups is 1. The minimum atomic E-state index is -1.20. The molecule has 8 nitrogen and oxygen atoms in total. The number of carboxylic acids is 1. The normalized spacial score (nSPS) is 14.6. The SMILES string of the molecule is O=C(O)c1ccoc2n(cccccc3c(ocnccn1)=CC=C3)[C@@H]1Cc3cccc(c31)N=2. The molecule has 0 spiro atoms. The molecule has 0 bridgehead atoms. The Labute approximate surface area is 194 Å². The molecule has 0 unspecified atom stereocenters. The van der Waals surface area contributed by atoms with E-state index in [9.17, 15) is 9.90 Å². The first-order valence-corrected chi connectivity index (χ1v) is 10.6. The van der Waals surface area contributed by atoms with E-state index in [-0.39, 0.29) is 11.7 Å². The van der Waals surface area contributed by atoms with Crippen molar-refractivity contribution in [1.82, 2.24) is 14.5 Å². The van der Waals surface area contributed by atoms with Gasteiger partial charge in [0.05, 0.1) is 18.0 Å². The van der Waals surface area contributed by atoms with Gasteiger partial charge in [0.15, 0.2) is 12.1 Å². The van der Waals surface area contributed by atoms with Crippen LogP contribution in [0.25, 0.3) is 12.2 Å². The Morgan fingerprint density at radius 1 is 1.06 bits per heavy atom. The first-order valence-electron chi connectivity index (χ1n) is 10.6. The standard InChI is InChI=1S/C26H20N4O4/c31-25(32)21-11-15-33-26-29-20-9-4-8-19-16-22(24(19)20)30(26)14-3-1-2-6-18-7-5-10-23(18)34-17-27-12-13-28-21/h1-15,17,22H,16H2,(H,31,32)/t22-/m1/s1. The molecule has 1 aromatic carbocycles. The van der Waals surface area contributed by atoms with Crippen molar-refractivity contribution in [2.24, 2.45) is 4.99 Å². The van der Waals surface area contributed by atoms with E-state index in [1.54, 1.807) is 0 Å². The van der Waals surface area contributed by atoms with E-state index in [2.05, 4.69) is 21.0 Å². The highest BCUT2D eigenvalue weighted by Gasteiger charge is 2.32. The number of aromatic nitrogens is 3. The lowest BCUT2D eigenvalue weighted by Crippen LogP contribution is -2.34. The van der Waals surface area contributed by atoms with Gasteiger partial charge in [-0.1, -0.05) is 42.5 Å². The zero-order valence-electron chi connectivity index (χ0n) is 18.0. The molecule has 168 valence electrons. The summed E-state index contributed by atoms with van der Waals surface area (Å²) >= 11 is 0. The molecule has 1 N–H and O–H groups in total. The fourth-order valence-corrected chi connectivity index (χ4v) is 3.86. The van der Waals surface area contributed by atoms with Gasteiger partial charge in [0.1, 0.15) is 5.42 Å². The summed E-state index contributed by atoms with van der Waals surface area (Å²) in [6.07, 6.45) is 13.6. The van der Waals surface area contributed by atoms with E-state index in [1.807, 2.05) is 65.4 Å². The summed E-state index contributed by atoms with van der Waals surface area (Å²) in [5.41, 5.74) is 5.01. The van der Waals surface area contributed by atoms with Gasteiger partial charge in [-0.3, -0.25) is 4.57 Å². The van der Waals surface area contributed by atoms with Crippen molar-refractivity contribution < 1.29 is 18.7 Å². The lowest BCUT2D eigenvalue weighted by atomic mass is 9.81. The molecule has 1 aromatic heterocycles. The number of allylic oxidation sites excluding steroid dienone is 1. The molecule has 34 heavy (non-hydrogen) atoms. The number of hydrogen-bond acceptors (Lipinski definition) is 6. The Hall–Kier alpha value is -4.72. The molecular weight excluding hydrogens is 432 g/mol. The van der Waals surface area contributed by atoms with Gasteiger partial charge in [0.25, 0.3) is 0 Å². The average Bonchev–Trinajstić information content (AvgIpc) is 3.25. The van der Waals surface area contributed by atoms with Crippen LogP contribution in [0.3, 0.4) is 0 Å². The van der Waals surface area contributed by atoms with Gasteiger partial charge in [-0.05, 0) is 30.2 Å². The first kappa shape index (κ1) is 21.1. The lowest BCUT2D eigenvalue weighted by molar-refractivity contribution is 0.0690. The number of rotatable bonds is 1. The highest BCUT2D eigenvalue weighted by Crippen LogP contribution is 2.43. The third-order valence-corrected chi connectivity index (χ3v) is 5.47. The van der Waals surface area contributed by atoms with E-state index in [1.165, 1.54) is 42.2 Å². The largest absolute Gasteiger partial charge is 0.477 e. The van der Waals surface area contributed by atoms with Gasteiger partial charge in [0, 0.05) is 35.8 Å². The summed E-state index contributed by atoms with van der Waals surface area (Å²) in [6, 6.07) is 15.1. The fourth-order valence-electron chi connectivity index (χ4n) is 3.86. The molecule has 1 atom stereocenters. The lowest BCUT2D eigenvalue weighted by Gasteiger charge is -2.34. The predicted molar refractivity (Wildman–Crippen MR) is 124 cm³/mol. The van der Waals surface area contributed by atoms with Gasteiger partial charge in [0.2, 0.25) is 0 Å². The summed E-state index contributed by atoms with van der Waals surface area (Å²) in [5, 5.41) is 9.43. The molecular formula is C26H20N4O4. The van der Waals surface area contributed by atoms with Crippen LogP contribution < -0.4 is 11.1 Å². The Morgan fingerprint density at radius 2 is 2.00 bits per heavy atom. The third-order valence-electron chi connectivity index (χ3n) is 5.47. The van der Waals surface area contributed by atoms with Crippen molar-refractivity contribution in [1.29, 1.82) is 0 Å². The Morgan fingerprint density at radius 3 is 2.91 bits per heavy atom. The monoisotopic (exact) mass is 452 g/mol. The maximum absolute atomic E-state index is 11.5. The molecule has 8 heteroatoms. The number of aromatic carboxylic acids is 1. The molecule has 5 rings (SSSR count). The van der Waals surface area contributed by atoms with Crippen LogP contribution in [0.4, 0.5) is 5.69 Å². The Balaban J connectivity index is 1.73. The first-order chi connectivity index (χ1) is 16.7. The second kappa shape index (κ2) is 9.41. The molecule has 1 aliphatic heterocycles. The average molecular weight is 452 g/mol. The quantitative estimate of drug-likeness (QED) is 0.704. The van der Waals surface area contributed by atoms with E-state index in [0.29, 0.717) is 11.1 Å². The second-order valence-electron chi connectivity index (χ2n) is 7.52. The van der Waals surface area contributed by atoms with Crippen molar-refractivity contribution in [3.63, 3.8) is 0 Å². The van der Waals surface area contributed by atoms with Gasteiger partial charge in [-0.15, -0.1) is 0 Å². The smallest absolute Gasteiger partial charge is 0.354 e. The van der Waals surface area contributed by atoms with Crippen LogP contribution in [0.2, 0.25) is 0 Å². The van der Waals surface area contributed by atoms with Crippen molar-refractivity contribution in [3.05, 3.63) is 119 Å². The molecule has 3 aliphatic rings.